The van der Waals surface area contributed by atoms with Gasteiger partial charge in [0.05, 0.1) is 5.69 Å². The van der Waals surface area contributed by atoms with Gasteiger partial charge in [-0.3, -0.25) is 0 Å². The molecule has 0 aliphatic carbocycles. The fourth-order valence-corrected chi connectivity index (χ4v) is 3.55. The summed E-state index contributed by atoms with van der Waals surface area (Å²) < 4.78 is 22.8. The molecule has 0 aliphatic heterocycles. The largest absolute Gasteiger partial charge is 0.397 e. The Kier molecular flexibility index (Phi) is 4.37. The van der Waals surface area contributed by atoms with Gasteiger partial charge in [0, 0.05) is 10.6 Å². The number of sulfonamides is 1. The summed E-state index contributed by atoms with van der Waals surface area (Å²) >= 11 is 1.49. The van der Waals surface area contributed by atoms with Crippen molar-refractivity contribution in [3.8, 4) is 0 Å². The Morgan fingerprint density at radius 1 is 1.15 bits per heavy atom. The van der Waals surface area contributed by atoms with Crippen LogP contribution in [0.3, 0.4) is 0 Å². The molecule has 0 amide bonds. The molecule has 0 aliphatic rings. The first kappa shape index (κ1) is 14.9. The summed E-state index contributed by atoms with van der Waals surface area (Å²) in [4.78, 5) is 0.699. The second kappa shape index (κ2) is 5.87. The number of rotatable bonds is 4. The van der Waals surface area contributed by atoms with Gasteiger partial charge >= 0.3 is 0 Å². The van der Waals surface area contributed by atoms with Crippen LogP contribution in [-0.4, -0.2) is 8.42 Å². The molecule has 0 fully saturated rings. The summed E-state index contributed by atoms with van der Waals surface area (Å²) in [6.45, 7) is 2.03. The maximum absolute atomic E-state index is 11.4. The number of hydrogen-bond acceptors (Lipinski definition) is 4. The molecule has 0 atom stereocenters. The zero-order chi connectivity index (χ0) is 14.8. The Morgan fingerprint density at radius 2 is 1.85 bits per heavy atom. The van der Waals surface area contributed by atoms with Crippen LogP contribution < -0.4 is 10.9 Å². The molecule has 2 aromatic rings. The van der Waals surface area contributed by atoms with Crippen molar-refractivity contribution in [3.05, 3.63) is 53.6 Å². The van der Waals surface area contributed by atoms with E-state index in [4.69, 9.17) is 10.9 Å². The number of benzene rings is 2. The third kappa shape index (κ3) is 3.53. The maximum atomic E-state index is 11.4. The van der Waals surface area contributed by atoms with Crippen LogP contribution in [0, 0.1) is 6.92 Å². The van der Waals surface area contributed by atoms with E-state index in [-0.39, 0.29) is 10.6 Å². The van der Waals surface area contributed by atoms with Gasteiger partial charge in [0.15, 0.2) is 0 Å². The predicted molar refractivity (Wildman–Crippen MR) is 83.0 cm³/mol. The lowest BCUT2D eigenvalue weighted by molar-refractivity contribution is 0.598. The molecule has 0 heterocycles. The first-order valence-corrected chi connectivity index (χ1v) is 8.51. The van der Waals surface area contributed by atoms with Crippen molar-refractivity contribution in [3.63, 3.8) is 0 Å². The van der Waals surface area contributed by atoms with Gasteiger partial charge in [-0.25, -0.2) is 13.6 Å². The first-order valence-electron chi connectivity index (χ1n) is 5.97. The number of primary sulfonamides is 1. The first-order chi connectivity index (χ1) is 9.38. The minimum absolute atomic E-state index is 0.0215. The Labute approximate surface area is 123 Å². The average Bonchev–Trinajstić information content (AvgIpc) is 2.36. The highest BCUT2D eigenvalue weighted by atomic mass is 32.2. The normalized spacial score (nSPS) is 11.5. The van der Waals surface area contributed by atoms with E-state index in [2.05, 4.69) is 6.07 Å². The predicted octanol–water partition coefficient (Wildman–Crippen LogP) is 2.52. The monoisotopic (exact) mass is 308 g/mol. The lowest BCUT2D eigenvalue weighted by Crippen LogP contribution is -2.14. The van der Waals surface area contributed by atoms with Gasteiger partial charge in [-0.1, -0.05) is 35.9 Å². The number of nitrogens with two attached hydrogens (primary N) is 2. The molecular weight excluding hydrogens is 292 g/mol. The summed E-state index contributed by atoms with van der Waals surface area (Å²) in [6, 6.07) is 13.0. The molecular formula is C14H16N2O2S2. The highest BCUT2D eigenvalue weighted by Gasteiger charge is 2.14. The summed E-state index contributed by atoms with van der Waals surface area (Å²) in [6.07, 6.45) is 0. The molecule has 0 aromatic heterocycles. The Hall–Kier alpha value is -1.50. The van der Waals surface area contributed by atoms with Crippen molar-refractivity contribution >= 4 is 27.5 Å². The minimum Gasteiger partial charge on any atom is -0.397 e. The molecule has 6 heteroatoms. The summed E-state index contributed by atoms with van der Waals surface area (Å²) in [5.41, 5.74) is 8.45. The Bertz CT molecular complexity index is 728. The molecule has 0 spiro atoms. The van der Waals surface area contributed by atoms with Gasteiger partial charge < -0.3 is 5.73 Å². The summed E-state index contributed by atoms with van der Waals surface area (Å²) in [5.74, 6) is 0.722. The number of aryl methyl sites for hydroxylation is 1. The van der Waals surface area contributed by atoms with Crippen LogP contribution in [-0.2, 0) is 15.8 Å². The van der Waals surface area contributed by atoms with Crippen LogP contribution in [0.2, 0.25) is 0 Å². The Balaban J connectivity index is 2.23. The molecule has 2 aromatic carbocycles. The van der Waals surface area contributed by atoms with Crippen LogP contribution in [0.5, 0.6) is 0 Å². The van der Waals surface area contributed by atoms with Crippen molar-refractivity contribution in [1.82, 2.24) is 0 Å². The van der Waals surface area contributed by atoms with E-state index < -0.39 is 10.0 Å². The number of para-hydroxylation sites is 1. The fourth-order valence-electron chi connectivity index (χ4n) is 1.86. The van der Waals surface area contributed by atoms with Crippen LogP contribution in [0.1, 0.15) is 11.1 Å². The molecule has 0 unspecified atom stereocenters. The zero-order valence-electron chi connectivity index (χ0n) is 11.0. The van der Waals surface area contributed by atoms with Crippen molar-refractivity contribution in [2.45, 2.75) is 22.5 Å². The molecule has 0 saturated heterocycles. The molecule has 0 bridgehead atoms. The zero-order valence-corrected chi connectivity index (χ0v) is 12.7. The van der Waals surface area contributed by atoms with E-state index >= 15 is 0 Å². The highest BCUT2D eigenvalue weighted by molar-refractivity contribution is 7.98. The molecule has 0 saturated carbocycles. The number of hydrogen-bond donors (Lipinski definition) is 2. The van der Waals surface area contributed by atoms with Crippen molar-refractivity contribution in [2.75, 3.05) is 5.73 Å². The lowest BCUT2D eigenvalue weighted by atomic mass is 10.2. The van der Waals surface area contributed by atoms with Crippen LogP contribution in [0.25, 0.3) is 0 Å². The van der Waals surface area contributed by atoms with Gasteiger partial charge in [-0.05, 0) is 24.6 Å². The van der Waals surface area contributed by atoms with Crippen LogP contribution in [0.4, 0.5) is 5.69 Å². The smallest absolute Gasteiger partial charge is 0.240 e. The third-order valence-corrected chi connectivity index (χ3v) is 4.92. The van der Waals surface area contributed by atoms with Crippen molar-refractivity contribution in [2.24, 2.45) is 5.14 Å². The summed E-state index contributed by atoms with van der Waals surface area (Å²) in [7, 11) is -3.78. The Morgan fingerprint density at radius 3 is 2.50 bits per heavy atom. The second-order valence-electron chi connectivity index (χ2n) is 4.49. The number of thioether (sulfide) groups is 1. The fraction of sp³-hybridized carbons (Fsp3) is 0.143. The molecule has 0 radical (unpaired) electrons. The minimum atomic E-state index is -3.78. The highest BCUT2D eigenvalue weighted by Crippen LogP contribution is 2.32. The standard InChI is InChI=1S/C14H16N2O2S2/c1-10-4-2-5-11(8-10)9-19-12-6-3-7-13(14(12)15)20(16,17)18/h2-8H,9,15H2,1H3,(H2,16,17,18). The van der Waals surface area contributed by atoms with Crippen LogP contribution in [0.15, 0.2) is 52.3 Å². The van der Waals surface area contributed by atoms with E-state index in [1.54, 1.807) is 12.1 Å². The molecule has 4 nitrogen and oxygen atoms in total. The SMILES string of the molecule is Cc1cccc(CSc2cccc(S(N)(=O)=O)c2N)c1. The molecule has 20 heavy (non-hydrogen) atoms. The van der Waals surface area contributed by atoms with E-state index in [0.717, 1.165) is 16.2 Å². The average molecular weight is 308 g/mol. The van der Waals surface area contributed by atoms with E-state index in [1.807, 2.05) is 25.1 Å². The lowest BCUT2D eigenvalue weighted by Gasteiger charge is -2.09. The van der Waals surface area contributed by atoms with Gasteiger partial charge in [-0.15, -0.1) is 11.8 Å². The van der Waals surface area contributed by atoms with Gasteiger partial charge in [-0.2, -0.15) is 0 Å². The maximum Gasteiger partial charge on any atom is 0.240 e. The van der Waals surface area contributed by atoms with Crippen molar-refractivity contribution in [1.29, 1.82) is 0 Å². The van der Waals surface area contributed by atoms with E-state index in [1.165, 1.54) is 23.4 Å². The topological polar surface area (TPSA) is 86.2 Å². The number of anilines is 1. The quantitative estimate of drug-likeness (QED) is 0.671. The number of nitrogen functional groups attached to an aromatic ring is 1. The van der Waals surface area contributed by atoms with Crippen LogP contribution >= 0.6 is 11.8 Å². The van der Waals surface area contributed by atoms with E-state index in [9.17, 15) is 8.42 Å². The second-order valence-corrected chi connectivity index (χ2v) is 7.04. The van der Waals surface area contributed by atoms with Gasteiger partial charge in [0.2, 0.25) is 10.0 Å². The molecule has 106 valence electrons. The van der Waals surface area contributed by atoms with Gasteiger partial charge in [0.1, 0.15) is 4.90 Å². The van der Waals surface area contributed by atoms with E-state index in [0.29, 0.717) is 0 Å². The molecule has 4 N–H and O–H groups in total. The molecule has 2 rings (SSSR count). The summed E-state index contributed by atoms with van der Waals surface area (Å²) in [5, 5.41) is 5.14. The third-order valence-electron chi connectivity index (χ3n) is 2.81. The van der Waals surface area contributed by atoms with Gasteiger partial charge in [0.25, 0.3) is 0 Å². The van der Waals surface area contributed by atoms with Crippen molar-refractivity contribution < 1.29 is 8.42 Å².